The second kappa shape index (κ2) is 9.79. The SMILES string of the molecule is Cc1cc2ccc(CNC(=O)c3cc(C(=O)N[C@H]4CCc5cc(-c6ncnn6C)ccc54)ncn3)cc2s1. The predicted molar refractivity (Wildman–Crippen MR) is 145 cm³/mol. The molecule has 0 spiro atoms. The number of nitrogens with one attached hydrogen (secondary N) is 2. The maximum Gasteiger partial charge on any atom is 0.270 e. The summed E-state index contributed by atoms with van der Waals surface area (Å²) in [7, 11) is 1.86. The second-order valence-corrected chi connectivity index (χ2v) is 10.7. The zero-order chi connectivity index (χ0) is 26.2. The summed E-state index contributed by atoms with van der Waals surface area (Å²) in [6, 6.07) is 15.7. The molecule has 0 radical (unpaired) electrons. The summed E-state index contributed by atoms with van der Waals surface area (Å²) in [6.07, 6.45) is 4.42. The minimum absolute atomic E-state index is 0.130. The van der Waals surface area contributed by atoms with Gasteiger partial charge in [0.15, 0.2) is 5.82 Å². The summed E-state index contributed by atoms with van der Waals surface area (Å²) >= 11 is 1.73. The molecule has 9 nitrogen and oxygen atoms in total. The molecule has 0 fully saturated rings. The van der Waals surface area contributed by atoms with E-state index < -0.39 is 0 Å². The molecule has 190 valence electrons. The molecule has 38 heavy (non-hydrogen) atoms. The van der Waals surface area contributed by atoms with Gasteiger partial charge in [-0.25, -0.2) is 19.6 Å². The molecule has 3 heterocycles. The normalized spacial score (nSPS) is 14.4. The van der Waals surface area contributed by atoms with Crippen LogP contribution in [0.4, 0.5) is 0 Å². The molecule has 6 rings (SSSR count). The van der Waals surface area contributed by atoms with Crippen LogP contribution in [0.2, 0.25) is 0 Å². The number of carbonyl (C=O) groups excluding carboxylic acids is 2. The Morgan fingerprint density at radius 3 is 2.66 bits per heavy atom. The summed E-state index contributed by atoms with van der Waals surface area (Å²) < 4.78 is 2.93. The van der Waals surface area contributed by atoms with Gasteiger partial charge < -0.3 is 10.6 Å². The lowest BCUT2D eigenvalue weighted by Crippen LogP contribution is -2.29. The molecule has 10 heteroatoms. The Morgan fingerprint density at radius 2 is 1.84 bits per heavy atom. The predicted octanol–water partition coefficient (Wildman–Crippen LogP) is 4.14. The van der Waals surface area contributed by atoms with Crippen LogP contribution >= 0.6 is 11.3 Å². The van der Waals surface area contributed by atoms with Gasteiger partial charge in [-0.2, -0.15) is 5.10 Å². The van der Waals surface area contributed by atoms with Crippen LogP contribution in [0.5, 0.6) is 0 Å². The monoisotopic (exact) mass is 523 g/mol. The molecule has 0 saturated heterocycles. The summed E-state index contributed by atoms with van der Waals surface area (Å²) in [6.45, 7) is 2.45. The van der Waals surface area contributed by atoms with Gasteiger partial charge in [-0.15, -0.1) is 11.3 Å². The van der Waals surface area contributed by atoms with Crippen molar-refractivity contribution in [3.8, 4) is 11.4 Å². The van der Waals surface area contributed by atoms with Gasteiger partial charge in [0.1, 0.15) is 24.0 Å². The molecule has 0 bridgehead atoms. The molecule has 3 aromatic heterocycles. The van der Waals surface area contributed by atoms with Crippen molar-refractivity contribution in [1.29, 1.82) is 0 Å². The molecule has 1 atom stereocenters. The second-order valence-electron chi connectivity index (χ2n) is 9.39. The molecule has 0 unspecified atom stereocenters. The van der Waals surface area contributed by atoms with Crippen LogP contribution in [-0.4, -0.2) is 36.5 Å². The fraction of sp³-hybridized carbons (Fsp3) is 0.214. The number of aryl methyl sites for hydroxylation is 3. The van der Waals surface area contributed by atoms with Crippen molar-refractivity contribution < 1.29 is 9.59 Å². The largest absolute Gasteiger partial charge is 0.347 e. The summed E-state index contributed by atoms with van der Waals surface area (Å²) in [5.41, 5.74) is 4.56. The first-order valence-corrected chi connectivity index (χ1v) is 13.1. The summed E-state index contributed by atoms with van der Waals surface area (Å²) in [4.78, 5) is 39.6. The van der Waals surface area contributed by atoms with Crippen molar-refractivity contribution in [3.63, 3.8) is 0 Å². The average molecular weight is 524 g/mol. The topological polar surface area (TPSA) is 115 Å². The number of fused-ring (bicyclic) bond motifs is 2. The van der Waals surface area contributed by atoms with Crippen molar-refractivity contribution in [3.05, 3.63) is 94.1 Å². The summed E-state index contributed by atoms with van der Waals surface area (Å²) in [5, 5.41) is 11.3. The van der Waals surface area contributed by atoms with Crippen LogP contribution in [0.25, 0.3) is 21.5 Å². The third kappa shape index (κ3) is 4.66. The van der Waals surface area contributed by atoms with Crippen LogP contribution in [0.3, 0.4) is 0 Å². The zero-order valence-corrected chi connectivity index (χ0v) is 21.7. The van der Waals surface area contributed by atoms with E-state index in [1.807, 2.05) is 25.2 Å². The van der Waals surface area contributed by atoms with Crippen LogP contribution in [0.1, 0.15) is 55.0 Å². The van der Waals surface area contributed by atoms with Gasteiger partial charge in [-0.05, 0) is 60.0 Å². The number of nitrogens with zero attached hydrogens (tertiary/aromatic N) is 5. The van der Waals surface area contributed by atoms with Gasteiger partial charge in [0.05, 0.1) is 6.04 Å². The van der Waals surface area contributed by atoms with E-state index in [1.165, 1.54) is 39.2 Å². The van der Waals surface area contributed by atoms with Crippen molar-refractivity contribution >= 4 is 33.2 Å². The highest BCUT2D eigenvalue weighted by Gasteiger charge is 2.26. The van der Waals surface area contributed by atoms with Crippen molar-refractivity contribution in [1.82, 2.24) is 35.4 Å². The lowest BCUT2D eigenvalue weighted by molar-refractivity contribution is 0.0931. The maximum absolute atomic E-state index is 13.0. The molecule has 2 aromatic carbocycles. The number of hydrogen-bond donors (Lipinski definition) is 2. The Bertz CT molecular complexity index is 1690. The number of thiophene rings is 1. The highest BCUT2D eigenvalue weighted by atomic mass is 32.1. The molecule has 2 N–H and O–H groups in total. The van der Waals surface area contributed by atoms with E-state index in [0.29, 0.717) is 6.54 Å². The highest BCUT2D eigenvalue weighted by Crippen LogP contribution is 2.34. The molecule has 5 aromatic rings. The molecule has 1 aliphatic carbocycles. The van der Waals surface area contributed by atoms with E-state index in [-0.39, 0.29) is 29.2 Å². The first-order chi connectivity index (χ1) is 18.4. The third-order valence-corrected chi connectivity index (χ3v) is 7.80. The van der Waals surface area contributed by atoms with E-state index in [1.54, 1.807) is 16.0 Å². The standard InChI is InChI=1S/C28H25N7O2S/c1-16-9-19-4-3-17(10-25(19)38-16)13-29-27(36)23-12-24(31-14-30-23)28(37)34-22-8-6-18-11-20(5-7-21(18)22)26-32-15-33-35(26)2/h3-5,7,9-12,14-15,22H,6,8,13H2,1-2H3,(H,29,36)(H,34,37)/t22-/m0/s1. The smallest absolute Gasteiger partial charge is 0.270 e. The minimum atomic E-state index is -0.355. The molecular weight excluding hydrogens is 498 g/mol. The first kappa shape index (κ1) is 23.9. The Hall–Kier alpha value is -4.44. The van der Waals surface area contributed by atoms with Gasteiger partial charge in [0.25, 0.3) is 11.8 Å². The van der Waals surface area contributed by atoms with Gasteiger partial charge in [-0.1, -0.05) is 24.3 Å². The Labute approximate surface area is 223 Å². The Morgan fingerprint density at radius 1 is 1.00 bits per heavy atom. The Kier molecular flexibility index (Phi) is 6.16. The lowest BCUT2D eigenvalue weighted by atomic mass is 10.0. The fourth-order valence-corrected chi connectivity index (χ4v) is 5.88. The fourth-order valence-electron chi connectivity index (χ4n) is 4.89. The van der Waals surface area contributed by atoms with Gasteiger partial charge in [-0.3, -0.25) is 9.59 Å². The van der Waals surface area contributed by atoms with Crippen LogP contribution < -0.4 is 10.6 Å². The van der Waals surface area contributed by atoms with E-state index in [0.717, 1.165) is 35.4 Å². The summed E-state index contributed by atoms with van der Waals surface area (Å²) in [5.74, 6) is 0.107. The average Bonchev–Trinajstić information content (AvgIpc) is 3.64. The number of hydrogen-bond acceptors (Lipinski definition) is 7. The molecular formula is C28H25N7O2S. The van der Waals surface area contributed by atoms with Gasteiger partial charge >= 0.3 is 0 Å². The zero-order valence-electron chi connectivity index (χ0n) is 20.9. The quantitative estimate of drug-likeness (QED) is 0.346. The minimum Gasteiger partial charge on any atom is -0.347 e. The number of rotatable bonds is 6. The molecule has 2 amide bonds. The van der Waals surface area contributed by atoms with Crippen molar-refractivity contribution in [2.45, 2.75) is 32.4 Å². The first-order valence-electron chi connectivity index (χ1n) is 12.3. The van der Waals surface area contributed by atoms with Crippen molar-refractivity contribution in [2.24, 2.45) is 7.05 Å². The van der Waals surface area contributed by atoms with Crippen molar-refractivity contribution in [2.75, 3.05) is 0 Å². The molecule has 1 aliphatic rings. The van der Waals surface area contributed by atoms with E-state index in [2.05, 4.69) is 61.9 Å². The number of aromatic nitrogens is 5. The van der Waals surface area contributed by atoms with E-state index in [9.17, 15) is 9.59 Å². The van der Waals surface area contributed by atoms with Gasteiger partial charge in [0, 0.05) is 34.8 Å². The number of amides is 2. The number of carbonyl (C=O) groups is 2. The molecule has 0 aliphatic heterocycles. The molecule has 0 saturated carbocycles. The lowest BCUT2D eigenvalue weighted by Gasteiger charge is -2.14. The number of benzene rings is 2. The van der Waals surface area contributed by atoms with Crippen LogP contribution in [0.15, 0.2) is 61.2 Å². The van der Waals surface area contributed by atoms with E-state index in [4.69, 9.17) is 0 Å². The maximum atomic E-state index is 13.0. The van der Waals surface area contributed by atoms with E-state index >= 15 is 0 Å². The van der Waals surface area contributed by atoms with Gasteiger partial charge in [0.2, 0.25) is 0 Å². The van der Waals surface area contributed by atoms with Crippen LogP contribution in [0, 0.1) is 6.92 Å². The van der Waals surface area contributed by atoms with Crippen LogP contribution in [-0.2, 0) is 20.0 Å². The Balaban J connectivity index is 1.11. The highest BCUT2D eigenvalue weighted by molar-refractivity contribution is 7.19. The third-order valence-electron chi connectivity index (χ3n) is 6.79.